The number of hydrogen-bond donors (Lipinski definition) is 2. The first-order chi connectivity index (χ1) is 9.74. The van der Waals surface area contributed by atoms with Gasteiger partial charge in [-0.2, -0.15) is 5.26 Å². The highest BCUT2D eigenvalue weighted by Gasteiger charge is 2.00. The van der Waals surface area contributed by atoms with Crippen LogP contribution < -0.4 is 11.1 Å². The molecule has 0 unspecified atom stereocenters. The van der Waals surface area contributed by atoms with Crippen molar-refractivity contribution in [1.82, 2.24) is 4.98 Å². The smallest absolute Gasteiger partial charge is 0.131 e. The van der Waals surface area contributed by atoms with Gasteiger partial charge in [0.25, 0.3) is 0 Å². The number of nitrogens with two attached hydrogens (primary N) is 1. The number of fused-ring (bicyclic) bond motifs is 1. The van der Waals surface area contributed by atoms with Crippen molar-refractivity contribution in [2.75, 3.05) is 11.1 Å². The van der Waals surface area contributed by atoms with Crippen molar-refractivity contribution >= 4 is 28.1 Å². The predicted molar refractivity (Wildman–Crippen MR) is 80.6 cm³/mol. The number of nitrogens with one attached hydrogen (secondary N) is 1. The molecule has 2 aromatic carbocycles. The number of hydrogen-bond acceptors (Lipinski definition) is 4. The van der Waals surface area contributed by atoms with Crippen LogP contribution in [0.3, 0.4) is 0 Å². The van der Waals surface area contributed by atoms with Crippen LogP contribution in [0, 0.1) is 11.3 Å². The molecule has 1 aromatic heterocycles. The summed E-state index contributed by atoms with van der Waals surface area (Å²) in [6.07, 6.45) is 0. The predicted octanol–water partition coefficient (Wildman–Crippen LogP) is 3.43. The maximum atomic E-state index is 8.89. The Morgan fingerprint density at radius 2 is 1.95 bits per heavy atom. The normalized spacial score (nSPS) is 10.2. The zero-order chi connectivity index (χ0) is 13.9. The van der Waals surface area contributed by atoms with Gasteiger partial charge in [-0.15, -0.1) is 0 Å². The average molecular weight is 260 g/mol. The number of nitrogen functional groups attached to an aromatic ring is 1. The van der Waals surface area contributed by atoms with Gasteiger partial charge in [-0.1, -0.05) is 6.07 Å². The van der Waals surface area contributed by atoms with Gasteiger partial charge in [-0.25, -0.2) is 4.98 Å². The van der Waals surface area contributed by atoms with Crippen LogP contribution in [0.1, 0.15) is 5.56 Å². The molecule has 96 valence electrons. The zero-order valence-electron chi connectivity index (χ0n) is 10.7. The van der Waals surface area contributed by atoms with Crippen LogP contribution in [0.15, 0.2) is 54.6 Å². The lowest BCUT2D eigenvalue weighted by Gasteiger charge is -2.07. The van der Waals surface area contributed by atoms with E-state index in [0.29, 0.717) is 5.56 Å². The summed E-state index contributed by atoms with van der Waals surface area (Å²) in [5, 5.41) is 13.1. The molecule has 0 fully saturated rings. The first kappa shape index (κ1) is 12.0. The van der Waals surface area contributed by atoms with Crippen molar-refractivity contribution in [3.05, 3.63) is 60.2 Å². The molecule has 3 rings (SSSR count). The third-order valence-corrected chi connectivity index (χ3v) is 2.98. The van der Waals surface area contributed by atoms with Crippen molar-refractivity contribution in [3.8, 4) is 6.07 Å². The summed E-state index contributed by atoms with van der Waals surface area (Å²) in [7, 11) is 0. The molecule has 20 heavy (non-hydrogen) atoms. The standard InChI is InChI=1S/C16H12N4/c17-10-11-2-1-3-14(8-11)19-16-7-4-12-9-13(18)5-6-15(12)20-16/h1-9H,18H2,(H,19,20). The van der Waals surface area contributed by atoms with Crippen LogP contribution in [0.4, 0.5) is 17.2 Å². The number of nitriles is 1. The van der Waals surface area contributed by atoms with Crippen LogP contribution in [0.25, 0.3) is 10.9 Å². The van der Waals surface area contributed by atoms with Crippen LogP contribution in [0.2, 0.25) is 0 Å². The van der Waals surface area contributed by atoms with E-state index in [1.165, 1.54) is 0 Å². The van der Waals surface area contributed by atoms with Gasteiger partial charge in [0.15, 0.2) is 0 Å². The van der Waals surface area contributed by atoms with E-state index in [4.69, 9.17) is 11.0 Å². The zero-order valence-corrected chi connectivity index (χ0v) is 10.7. The molecule has 0 saturated carbocycles. The summed E-state index contributed by atoms with van der Waals surface area (Å²) in [5.74, 6) is 0.734. The highest BCUT2D eigenvalue weighted by atomic mass is 15.0. The first-order valence-electron chi connectivity index (χ1n) is 6.18. The molecule has 0 spiro atoms. The van der Waals surface area contributed by atoms with Gasteiger partial charge >= 0.3 is 0 Å². The number of benzene rings is 2. The summed E-state index contributed by atoms with van der Waals surface area (Å²) in [6, 6.07) is 18.9. The van der Waals surface area contributed by atoms with E-state index >= 15 is 0 Å². The summed E-state index contributed by atoms with van der Waals surface area (Å²) in [6.45, 7) is 0. The second kappa shape index (κ2) is 4.90. The third kappa shape index (κ3) is 2.38. The van der Waals surface area contributed by atoms with Crippen LogP contribution in [-0.2, 0) is 0 Å². The fourth-order valence-corrected chi connectivity index (χ4v) is 2.03. The molecule has 0 bridgehead atoms. The Kier molecular flexibility index (Phi) is 2.94. The maximum absolute atomic E-state index is 8.89. The van der Waals surface area contributed by atoms with Gasteiger partial charge in [0.2, 0.25) is 0 Å². The van der Waals surface area contributed by atoms with Gasteiger partial charge in [-0.05, 0) is 48.5 Å². The molecule has 0 amide bonds. The van der Waals surface area contributed by atoms with Gasteiger partial charge in [-0.3, -0.25) is 0 Å². The molecule has 4 nitrogen and oxygen atoms in total. The lowest BCUT2D eigenvalue weighted by atomic mass is 10.2. The molecule has 0 aliphatic carbocycles. The number of nitrogens with zero attached hydrogens (tertiary/aromatic N) is 2. The number of aromatic nitrogens is 1. The Hall–Kier alpha value is -3.06. The van der Waals surface area contributed by atoms with Crippen molar-refractivity contribution in [3.63, 3.8) is 0 Å². The second-order valence-corrected chi connectivity index (χ2v) is 4.47. The Balaban J connectivity index is 1.94. The van der Waals surface area contributed by atoms with Gasteiger partial charge in [0, 0.05) is 16.8 Å². The topological polar surface area (TPSA) is 74.7 Å². The van der Waals surface area contributed by atoms with Crippen LogP contribution in [0.5, 0.6) is 0 Å². The molecule has 0 aliphatic rings. The lowest BCUT2D eigenvalue weighted by molar-refractivity contribution is 1.37. The third-order valence-electron chi connectivity index (χ3n) is 2.98. The number of rotatable bonds is 2. The summed E-state index contributed by atoms with van der Waals surface area (Å²) < 4.78 is 0. The monoisotopic (exact) mass is 260 g/mol. The van der Waals surface area contributed by atoms with E-state index in [1.54, 1.807) is 12.1 Å². The van der Waals surface area contributed by atoms with E-state index < -0.39 is 0 Å². The fraction of sp³-hybridized carbons (Fsp3) is 0. The molecule has 0 saturated heterocycles. The Labute approximate surface area is 116 Å². The summed E-state index contributed by atoms with van der Waals surface area (Å²) >= 11 is 0. The quantitative estimate of drug-likeness (QED) is 0.692. The van der Waals surface area contributed by atoms with E-state index in [1.807, 2.05) is 42.5 Å². The number of anilines is 3. The molecule has 3 aromatic rings. The van der Waals surface area contributed by atoms with Crippen molar-refractivity contribution in [1.29, 1.82) is 5.26 Å². The van der Waals surface area contributed by atoms with Gasteiger partial charge in [0.1, 0.15) is 5.82 Å². The van der Waals surface area contributed by atoms with Crippen molar-refractivity contribution < 1.29 is 0 Å². The molecule has 0 radical (unpaired) electrons. The van der Waals surface area contributed by atoms with E-state index in [0.717, 1.165) is 28.1 Å². The minimum atomic E-state index is 0.614. The van der Waals surface area contributed by atoms with Gasteiger partial charge < -0.3 is 11.1 Å². The second-order valence-electron chi connectivity index (χ2n) is 4.47. The first-order valence-corrected chi connectivity index (χ1v) is 6.18. The van der Waals surface area contributed by atoms with E-state index in [9.17, 15) is 0 Å². The Morgan fingerprint density at radius 1 is 1.05 bits per heavy atom. The maximum Gasteiger partial charge on any atom is 0.131 e. The molecular formula is C16H12N4. The molecule has 0 atom stereocenters. The van der Waals surface area contributed by atoms with Crippen molar-refractivity contribution in [2.45, 2.75) is 0 Å². The lowest BCUT2D eigenvalue weighted by Crippen LogP contribution is -1.94. The van der Waals surface area contributed by atoms with Crippen LogP contribution >= 0.6 is 0 Å². The molecule has 4 heteroatoms. The largest absolute Gasteiger partial charge is 0.399 e. The van der Waals surface area contributed by atoms with E-state index in [-0.39, 0.29) is 0 Å². The summed E-state index contributed by atoms with van der Waals surface area (Å²) in [5.41, 5.74) is 8.80. The Morgan fingerprint density at radius 3 is 2.80 bits per heavy atom. The molecule has 0 aliphatic heterocycles. The molecule has 3 N–H and O–H groups in total. The van der Waals surface area contributed by atoms with Crippen LogP contribution in [-0.4, -0.2) is 4.98 Å². The minimum Gasteiger partial charge on any atom is -0.399 e. The fourth-order valence-electron chi connectivity index (χ4n) is 2.03. The highest BCUT2D eigenvalue weighted by molar-refractivity contribution is 5.83. The average Bonchev–Trinajstić information content (AvgIpc) is 2.47. The molecule has 1 heterocycles. The SMILES string of the molecule is N#Cc1cccc(Nc2ccc3cc(N)ccc3n2)c1. The number of pyridine rings is 1. The Bertz CT molecular complexity index is 818. The van der Waals surface area contributed by atoms with E-state index in [2.05, 4.69) is 16.4 Å². The highest BCUT2D eigenvalue weighted by Crippen LogP contribution is 2.21. The van der Waals surface area contributed by atoms with Crippen molar-refractivity contribution in [2.24, 2.45) is 0 Å². The van der Waals surface area contributed by atoms with Gasteiger partial charge in [0.05, 0.1) is 17.1 Å². The summed E-state index contributed by atoms with van der Waals surface area (Å²) in [4.78, 5) is 4.52. The molecular weight excluding hydrogens is 248 g/mol. The minimum absolute atomic E-state index is 0.614.